The van der Waals surface area contributed by atoms with Gasteiger partial charge in [0.05, 0.1) is 6.54 Å². The number of aromatic nitrogens is 1. The predicted molar refractivity (Wildman–Crippen MR) is 123 cm³/mol. The third kappa shape index (κ3) is 4.63. The standard InChI is InChI=1S/C25H26N4O3/c1-18-9-10-19(20-8-5-11-26-13-20)12-23(18)28(17-25(31)32)16-24(30)27(2)29-14-21-6-3-4-7-22(21)15-29/h3-13H,14-17H2,1-2H3,(H,31,32). The molecule has 4 rings (SSSR count). The molecule has 1 aliphatic heterocycles. The van der Waals surface area contributed by atoms with Gasteiger partial charge in [0, 0.05) is 43.8 Å². The summed E-state index contributed by atoms with van der Waals surface area (Å²) in [5.41, 5.74) is 5.89. The molecule has 2 heterocycles. The van der Waals surface area contributed by atoms with Crippen molar-refractivity contribution in [2.75, 3.05) is 25.0 Å². The molecule has 7 nitrogen and oxygen atoms in total. The molecular weight excluding hydrogens is 404 g/mol. The minimum atomic E-state index is -0.986. The van der Waals surface area contributed by atoms with Crippen LogP contribution in [0.1, 0.15) is 16.7 Å². The Balaban J connectivity index is 1.55. The number of aryl methyl sites for hydroxylation is 1. The maximum absolute atomic E-state index is 13.2. The van der Waals surface area contributed by atoms with Crippen LogP contribution in [0.15, 0.2) is 67.0 Å². The van der Waals surface area contributed by atoms with Crippen LogP contribution in [-0.2, 0) is 22.7 Å². The highest BCUT2D eigenvalue weighted by atomic mass is 16.4. The Bertz CT molecular complexity index is 1110. The lowest BCUT2D eigenvalue weighted by atomic mass is 10.0. The van der Waals surface area contributed by atoms with Gasteiger partial charge in [-0.25, -0.2) is 5.01 Å². The fourth-order valence-electron chi connectivity index (χ4n) is 4.00. The second kappa shape index (κ2) is 9.20. The Morgan fingerprint density at radius 3 is 2.34 bits per heavy atom. The van der Waals surface area contributed by atoms with Gasteiger partial charge >= 0.3 is 5.97 Å². The number of pyridine rings is 1. The fraction of sp³-hybridized carbons (Fsp3) is 0.240. The summed E-state index contributed by atoms with van der Waals surface area (Å²) in [5.74, 6) is -1.15. The molecule has 32 heavy (non-hydrogen) atoms. The molecule has 1 aromatic heterocycles. The van der Waals surface area contributed by atoms with E-state index >= 15 is 0 Å². The van der Waals surface area contributed by atoms with Crippen LogP contribution in [0.3, 0.4) is 0 Å². The SMILES string of the molecule is Cc1ccc(-c2cccnc2)cc1N(CC(=O)O)CC(=O)N(C)N1Cc2ccccc2C1. The van der Waals surface area contributed by atoms with Crippen LogP contribution in [0.4, 0.5) is 5.69 Å². The van der Waals surface area contributed by atoms with E-state index in [2.05, 4.69) is 17.1 Å². The summed E-state index contributed by atoms with van der Waals surface area (Å²) in [6.07, 6.45) is 3.47. The van der Waals surface area contributed by atoms with E-state index < -0.39 is 5.97 Å². The summed E-state index contributed by atoms with van der Waals surface area (Å²) in [4.78, 5) is 30.6. The van der Waals surface area contributed by atoms with Crippen molar-refractivity contribution in [3.8, 4) is 11.1 Å². The highest BCUT2D eigenvalue weighted by Crippen LogP contribution is 2.28. The minimum absolute atomic E-state index is 0.0347. The number of carboxylic acid groups (broad SMARTS) is 1. The van der Waals surface area contributed by atoms with Crippen molar-refractivity contribution >= 4 is 17.6 Å². The fourth-order valence-corrected chi connectivity index (χ4v) is 4.00. The third-order valence-corrected chi connectivity index (χ3v) is 5.81. The number of aliphatic carboxylic acids is 1. The van der Waals surface area contributed by atoms with Gasteiger partial charge in [0.1, 0.15) is 6.54 Å². The summed E-state index contributed by atoms with van der Waals surface area (Å²) in [6.45, 7) is 2.94. The van der Waals surface area contributed by atoms with Gasteiger partial charge in [0.2, 0.25) is 0 Å². The molecule has 1 aliphatic rings. The van der Waals surface area contributed by atoms with E-state index in [1.807, 2.05) is 54.4 Å². The number of likely N-dealkylation sites (N-methyl/N-ethyl adjacent to an activating group) is 1. The van der Waals surface area contributed by atoms with E-state index in [1.165, 1.54) is 11.1 Å². The molecule has 0 unspecified atom stereocenters. The number of carboxylic acids is 1. The molecule has 0 bridgehead atoms. The number of benzene rings is 2. The molecule has 0 spiro atoms. The molecular formula is C25H26N4O3. The number of carbonyl (C=O) groups excluding carboxylic acids is 1. The van der Waals surface area contributed by atoms with Crippen molar-refractivity contribution in [1.29, 1.82) is 0 Å². The van der Waals surface area contributed by atoms with Crippen LogP contribution in [-0.4, -0.2) is 52.1 Å². The molecule has 1 amide bonds. The van der Waals surface area contributed by atoms with Gasteiger partial charge in [-0.05, 0) is 41.3 Å². The molecule has 7 heteroatoms. The monoisotopic (exact) mass is 430 g/mol. The number of hydrogen-bond acceptors (Lipinski definition) is 5. The van der Waals surface area contributed by atoms with Crippen molar-refractivity contribution in [2.45, 2.75) is 20.0 Å². The first-order valence-electron chi connectivity index (χ1n) is 10.5. The molecule has 0 aliphatic carbocycles. The van der Waals surface area contributed by atoms with Gasteiger partial charge in [-0.3, -0.25) is 19.6 Å². The largest absolute Gasteiger partial charge is 0.480 e. The Hall–Kier alpha value is -3.71. The van der Waals surface area contributed by atoms with Crippen LogP contribution in [0, 0.1) is 6.92 Å². The summed E-state index contributed by atoms with van der Waals surface area (Å²) in [6, 6.07) is 17.8. The number of hydrogen-bond donors (Lipinski definition) is 1. The first kappa shape index (κ1) is 21.5. The highest BCUT2D eigenvalue weighted by Gasteiger charge is 2.27. The second-order valence-corrected chi connectivity index (χ2v) is 8.00. The quantitative estimate of drug-likeness (QED) is 0.620. The summed E-state index contributed by atoms with van der Waals surface area (Å²) < 4.78 is 0. The van der Waals surface area contributed by atoms with E-state index in [4.69, 9.17) is 0 Å². The van der Waals surface area contributed by atoms with Gasteiger partial charge in [-0.15, -0.1) is 0 Å². The van der Waals surface area contributed by atoms with E-state index in [0.717, 1.165) is 22.4 Å². The van der Waals surface area contributed by atoms with Crippen molar-refractivity contribution < 1.29 is 14.7 Å². The first-order chi connectivity index (χ1) is 15.4. The molecule has 164 valence electrons. The van der Waals surface area contributed by atoms with Crippen molar-refractivity contribution in [3.05, 3.63) is 83.7 Å². The molecule has 0 saturated carbocycles. The predicted octanol–water partition coefficient (Wildman–Crippen LogP) is 3.34. The highest BCUT2D eigenvalue weighted by molar-refractivity contribution is 5.85. The van der Waals surface area contributed by atoms with Crippen LogP contribution in [0.5, 0.6) is 0 Å². The Morgan fingerprint density at radius 1 is 1.00 bits per heavy atom. The molecule has 0 fully saturated rings. The number of rotatable bonds is 7. The number of carbonyl (C=O) groups is 2. The molecule has 0 atom stereocenters. The van der Waals surface area contributed by atoms with Gasteiger partial charge in [-0.2, -0.15) is 0 Å². The van der Waals surface area contributed by atoms with Gasteiger partial charge in [-0.1, -0.05) is 42.5 Å². The zero-order valence-corrected chi connectivity index (χ0v) is 18.2. The zero-order valence-electron chi connectivity index (χ0n) is 18.2. The number of hydrazine groups is 1. The van der Waals surface area contributed by atoms with Gasteiger partial charge in [0.25, 0.3) is 5.91 Å². The lowest BCUT2D eigenvalue weighted by Crippen LogP contribution is -2.47. The molecule has 2 aromatic carbocycles. The molecule has 1 N–H and O–H groups in total. The van der Waals surface area contributed by atoms with E-state index in [1.54, 1.807) is 29.4 Å². The van der Waals surface area contributed by atoms with Crippen molar-refractivity contribution in [2.24, 2.45) is 0 Å². The lowest BCUT2D eigenvalue weighted by molar-refractivity contribution is -0.145. The number of anilines is 1. The Kier molecular flexibility index (Phi) is 6.18. The third-order valence-electron chi connectivity index (χ3n) is 5.81. The maximum atomic E-state index is 13.2. The van der Waals surface area contributed by atoms with Gasteiger partial charge < -0.3 is 10.0 Å². The Morgan fingerprint density at radius 2 is 1.72 bits per heavy atom. The average Bonchev–Trinajstić information content (AvgIpc) is 3.23. The minimum Gasteiger partial charge on any atom is -0.480 e. The number of nitrogens with zero attached hydrogens (tertiary/aromatic N) is 4. The lowest BCUT2D eigenvalue weighted by Gasteiger charge is -2.31. The first-order valence-corrected chi connectivity index (χ1v) is 10.5. The maximum Gasteiger partial charge on any atom is 0.323 e. The normalized spacial score (nSPS) is 12.9. The summed E-state index contributed by atoms with van der Waals surface area (Å²) in [5, 5.41) is 13.1. The van der Waals surface area contributed by atoms with Crippen LogP contribution >= 0.6 is 0 Å². The van der Waals surface area contributed by atoms with E-state index in [-0.39, 0.29) is 19.0 Å². The smallest absolute Gasteiger partial charge is 0.323 e. The molecule has 0 saturated heterocycles. The number of fused-ring (bicyclic) bond motifs is 1. The van der Waals surface area contributed by atoms with Crippen molar-refractivity contribution in [1.82, 2.24) is 15.0 Å². The second-order valence-electron chi connectivity index (χ2n) is 8.00. The zero-order chi connectivity index (χ0) is 22.7. The van der Waals surface area contributed by atoms with Crippen LogP contribution < -0.4 is 4.90 Å². The Labute approximate surface area is 187 Å². The topological polar surface area (TPSA) is 77.0 Å². The average molecular weight is 431 g/mol. The molecule has 3 aromatic rings. The van der Waals surface area contributed by atoms with E-state index in [0.29, 0.717) is 13.1 Å². The van der Waals surface area contributed by atoms with Crippen LogP contribution in [0.25, 0.3) is 11.1 Å². The van der Waals surface area contributed by atoms with Gasteiger partial charge in [0.15, 0.2) is 0 Å². The van der Waals surface area contributed by atoms with Crippen molar-refractivity contribution in [3.63, 3.8) is 0 Å². The van der Waals surface area contributed by atoms with E-state index in [9.17, 15) is 14.7 Å². The molecule has 0 radical (unpaired) electrons. The summed E-state index contributed by atoms with van der Waals surface area (Å²) >= 11 is 0. The summed E-state index contributed by atoms with van der Waals surface area (Å²) in [7, 11) is 1.74. The number of amides is 1. The van der Waals surface area contributed by atoms with Crippen LogP contribution in [0.2, 0.25) is 0 Å².